The summed E-state index contributed by atoms with van der Waals surface area (Å²) in [7, 11) is -1.14. The number of nitrogens with zero attached hydrogens (tertiary/aromatic N) is 1. The molecule has 0 bridgehead atoms. The zero-order valence-electron chi connectivity index (χ0n) is 15.4. The van der Waals surface area contributed by atoms with Gasteiger partial charge in [-0.15, -0.1) is 0 Å². The molecule has 0 saturated heterocycles. The first-order valence-corrected chi connectivity index (χ1v) is 9.13. The summed E-state index contributed by atoms with van der Waals surface area (Å²) in [6, 6.07) is 10.7. The van der Waals surface area contributed by atoms with Gasteiger partial charge in [0.1, 0.15) is 5.75 Å². The summed E-state index contributed by atoms with van der Waals surface area (Å²) in [5, 5.41) is 13.4. The average molecular weight is 377 g/mol. The van der Waals surface area contributed by atoms with Crippen LogP contribution in [0, 0.1) is 0 Å². The molecule has 0 aromatic heterocycles. The Bertz CT molecular complexity index is 1000. The molecule has 142 valence electrons. The standard InChI is InChI=1S/C20H20BN3O4/c1-11(25)16-4-2-3-13-7-15(21(27)28-19(13)16)9-18(26)12-5-6-14-10-23-20(22)24-17(14)8-12/h2-6,8,15,27H,7,9-10H2,1H3,(H3,22,23,24)/t15-/m1/s1. The van der Waals surface area contributed by atoms with Gasteiger partial charge in [-0.2, -0.15) is 0 Å². The number of fused-ring (bicyclic) bond motifs is 2. The van der Waals surface area contributed by atoms with E-state index in [1.807, 2.05) is 12.1 Å². The molecule has 2 aliphatic rings. The van der Waals surface area contributed by atoms with Gasteiger partial charge in [0.05, 0.1) is 12.1 Å². The molecule has 4 N–H and O–H groups in total. The Morgan fingerprint density at radius 3 is 2.93 bits per heavy atom. The molecule has 0 amide bonds. The van der Waals surface area contributed by atoms with E-state index >= 15 is 0 Å². The number of hydrogen-bond donors (Lipinski definition) is 3. The zero-order chi connectivity index (χ0) is 19.8. The maximum atomic E-state index is 12.8. The number of para-hydroxylation sites is 1. The largest absolute Gasteiger partial charge is 0.535 e. The third kappa shape index (κ3) is 3.38. The Hall–Kier alpha value is -3.13. The van der Waals surface area contributed by atoms with Gasteiger partial charge in [0.25, 0.3) is 0 Å². The minimum Gasteiger partial charge on any atom is -0.535 e. The van der Waals surface area contributed by atoms with Crippen molar-refractivity contribution in [2.24, 2.45) is 10.7 Å². The van der Waals surface area contributed by atoms with E-state index in [0.29, 0.717) is 35.8 Å². The topological polar surface area (TPSA) is 114 Å². The second-order valence-electron chi connectivity index (χ2n) is 7.15. The van der Waals surface area contributed by atoms with Gasteiger partial charge in [-0.05, 0) is 36.6 Å². The van der Waals surface area contributed by atoms with Gasteiger partial charge in [0.2, 0.25) is 0 Å². The summed E-state index contributed by atoms with van der Waals surface area (Å²) in [5.41, 5.74) is 9.26. The van der Waals surface area contributed by atoms with Gasteiger partial charge < -0.3 is 20.7 Å². The first kappa shape index (κ1) is 18.2. The predicted octanol–water partition coefficient (Wildman–Crippen LogP) is 2.19. The summed E-state index contributed by atoms with van der Waals surface area (Å²) < 4.78 is 5.62. The molecule has 4 rings (SSSR count). The molecule has 0 radical (unpaired) electrons. The third-order valence-electron chi connectivity index (χ3n) is 5.16. The van der Waals surface area contributed by atoms with Crippen LogP contribution in [0.5, 0.6) is 5.75 Å². The molecule has 2 aliphatic heterocycles. The van der Waals surface area contributed by atoms with Gasteiger partial charge in [-0.1, -0.05) is 24.3 Å². The Morgan fingerprint density at radius 2 is 2.14 bits per heavy atom. The van der Waals surface area contributed by atoms with Crippen molar-refractivity contribution in [2.75, 3.05) is 5.32 Å². The van der Waals surface area contributed by atoms with E-state index in [4.69, 9.17) is 10.4 Å². The molecular weight excluding hydrogens is 357 g/mol. The molecule has 0 aliphatic carbocycles. The van der Waals surface area contributed by atoms with Crippen molar-refractivity contribution in [3.8, 4) is 5.75 Å². The van der Waals surface area contributed by atoms with Crippen LogP contribution in [0.1, 0.15) is 45.2 Å². The van der Waals surface area contributed by atoms with Gasteiger partial charge in [0, 0.05) is 23.5 Å². The van der Waals surface area contributed by atoms with Crippen molar-refractivity contribution in [3.63, 3.8) is 0 Å². The van der Waals surface area contributed by atoms with Gasteiger partial charge in [-0.25, -0.2) is 4.99 Å². The van der Waals surface area contributed by atoms with Crippen LogP contribution in [-0.2, 0) is 13.0 Å². The van der Waals surface area contributed by atoms with E-state index in [1.165, 1.54) is 6.92 Å². The summed E-state index contributed by atoms with van der Waals surface area (Å²) in [5.74, 6) is 0.135. The number of nitrogens with two attached hydrogens (primary N) is 1. The molecular formula is C20H20BN3O4. The minimum atomic E-state index is -1.14. The summed E-state index contributed by atoms with van der Waals surface area (Å²) >= 11 is 0. The molecule has 2 aromatic rings. The molecule has 0 spiro atoms. The zero-order valence-corrected chi connectivity index (χ0v) is 15.4. The second kappa shape index (κ2) is 7.12. The van der Waals surface area contributed by atoms with Crippen molar-refractivity contribution in [1.29, 1.82) is 0 Å². The van der Waals surface area contributed by atoms with Crippen LogP contribution in [0.25, 0.3) is 0 Å². The van der Waals surface area contributed by atoms with Gasteiger partial charge in [0.15, 0.2) is 17.5 Å². The number of guanidine groups is 1. The monoisotopic (exact) mass is 377 g/mol. The van der Waals surface area contributed by atoms with Crippen molar-refractivity contribution in [3.05, 3.63) is 58.7 Å². The molecule has 0 fully saturated rings. The highest BCUT2D eigenvalue weighted by atomic mass is 16.5. The van der Waals surface area contributed by atoms with E-state index in [9.17, 15) is 14.6 Å². The molecule has 2 aromatic carbocycles. The number of carbonyl (C=O) groups is 2. The van der Waals surface area contributed by atoms with E-state index in [0.717, 1.165) is 16.8 Å². The molecule has 1 atom stereocenters. The number of aliphatic imine (C=N–C) groups is 1. The fourth-order valence-corrected chi connectivity index (χ4v) is 3.64. The van der Waals surface area contributed by atoms with E-state index in [2.05, 4.69) is 10.3 Å². The molecule has 8 heteroatoms. The fourth-order valence-electron chi connectivity index (χ4n) is 3.64. The lowest BCUT2D eigenvalue weighted by atomic mass is 9.64. The SMILES string of the molecule is CC(=O)c1cccc2c1OB(O)[C@@H](CC(=O)c1ccc3c(c1)NC(N)=NC3)C2. The highest BCUT2D eigenvalue weighted by molar-refractivity contribution is 6.47. The van der Waals surface area contributed by atoms with Crippen LogP contribution in [0.15, 0.2) is 41.4 Å². The van der Waals surface area contributed by atoms with Crippen LogP contribution >= 0.6 is 0 Å². The Kier molecular flexibility index (Phi) is 4.64. The van der Waals surface area contributed by atoms with Crippen molar-refractivity contribution >= 4 is 30.3 Å². The molecule has 28 heavy (non-hydrogen) atoms. The highest BCUT2D eigenvalue weighted by Gasteiger charge is 2.37. The fraction of sp³-hybridized carbons (Fsp3) is 0.250. The van der Waals surface area contributed by atoms with E-state index in [1.54, 1.807) is 24.3 Å². The lowest BCUT2D eigenvalue weighted by molar-refractivity contribution is 0.0971. The third-order valence-corrected chi connectivity index (χ3v) is 5.16. The number of ketones is 2. The quantitative estimate of drug-likeness (QED) is 0.556. The van der Waals surface area contributed by atoms with Crippen molar-refractivity contribution < 1.29 is 19.3 Å². The first-order valence-electron chi connectivity index (χ1n) is 9.13. The number of benzene rings is 2. The average Bonchev–Trinajstić information content (AvgIpc) is 2.67. The first-order chi connectivity index (χ1) is 13.4. The van der Waals surface area contributed by atoms with Gasteiger partial charge in [-0.3, -0.25) is 9.59 Å². The summed E-state index contributed by atoms with van der Waals surface area (Å²) in [6.07, 6.45) is 0.597. The lowest BCUT2D eigenvalue weighted by Crippen LogP contribution is -2.35. The second-order valence-corrected chi connectivity index (χ2v) is 7.15. The maximum Gasteiger partial charge on any atom is 0.526 e. The van der Waals surface area contributed by atoms with Gasteiger partial charge >= 0.3 is 7.12 Å². The highest BCUT2D eigenvalue weighted by Crippen LogP contribution is 2.37. The molecule has 0 unspecified atom stereocenters. The maximum absolute atomic E-state index is 12.8. The van der Waals surface area contributed by atoms with E-state index < -0.39 is 12.9 Å². The summed E-state index contributed by atoms with van der Waals surface area (Å²) in [6.45, 7) is 1.94. The molecule has 0 saturated carbocycles. The van der Waals surface area contributed by atoms with E-state index in [-0.39, 0.29) is 18.0 Å². The van der Waals surface area contributed by atoms with Crippen molar-refractivity contribution in [2.45, 2.75) is 32.1 Å². The summed E-state index contributed by atoms with van der Waals surface area (Å²) in [4.78, 5) is 28.7. The van der Waals surface area contributed by atoms with Crippen molar-refractivity contribution in [1.82, 2.24) is 0 Å². The number of anilines is 1. The Balaban J connectivity index is 1.52. The van der Waals surface area contributed by atoms with Crippen LogP contribution in [0.2, 0.25) is 5.82 Å². The number of nitrogens with one attached hydrogen (secondary N) is 1. The Morgan fingerprint density at radius 1 is 1.32 bits per heavy atom. The normalized spacial score (nSPS) is 17.6. The number of hydrogen-bond acceptors (Lipinski definition) is 7. The van der Waals surface area contributed by atoms with Crippen LogP contribution in [0.3, 0.4) is 0 Å². The minimum absolute atomic E-state index is 0.0930. The van der Waals surface area contributed by atoms with Crippen LogP contribution in [-0.4, -0.2) is 29.7 Å². The number of carbonyl (C=O) groups excluding carboxylic acids is 2. The van der Waals surface area contributed by atoms with Crippen LogP contribution in [0.4, 0.5) is 5.69 Å². The lowest BCUT2D eigenvalue weighted by Gasteiger charge is -2.28. The Labute approximate surface area is 162 Å². The van der Waals surface area contributed by atoms with Crippen LogP contribution < -0.4 is 15.7 Å². The number of rotatable bonds is 4. The predicted molar refractivity (Wildman–Crippen MR) is 107 cm³/mol. The number of Topliss-reactive ketones (excluding diaryl/α,β-unsaturated/α-hetero) is 2. The smallest absolute Gasteiger partial charge is 0.526 e. The molecule has 7 nitrogen and oxygen atoms in total. The molecule has 2 heterocycles.